The van der Waals surface area contributed by atoms with Crippen LogP contribution < -0.4 is 10.2 Å². The van der Waals surface area contributed by atoms with Gasteiger partial charge in [-0.2, -0.15) is 5.26 Å². The van der Waals surface area contributed by atoms with Crippen LogP contribution >= 0.6 is 50.5 Å². The summed E-state index contributed by atoms with van der Waals surface area (Å²) in [4.78, 5) is 15.8. The van der Waals surface area contributed by atoms with Crippen LogP contribution in [0.25, 0.3) is 11.1 Å². The fourth-order valence-electron chi connectivity index (χ4n) is 3.49. The number of thiophene rings is 1. The molecule has 0 saturated carbocycles. The van der Waals surface area contributed by atoms with Gasteiger partial charge in [-0.05, 0) is 29.8 Å². The van der Waals surface area contributed by atoms with Crippen molar-refractivity contribution < 1.29 is 9.53 Å². The zero-order valence-corrected chi connectivity index (χ0v) is 20.7. The van der Waals surface area contributed by atoms with Crippen molar-refractivity contribution in [1.82, 2.24) is 5.32 Å². The molecular formula is C23H18BrCl2N3O2S. The molecule has 1 saturated heterocycles. The van der Waals surface area contributed by atoms with Crippen molar-refractivity contribution in [2.24, 2.45) is 0 Å². The van der Waals surface area contributed by atoms with Crippen molar-refractivity contribution in [3.05, 3.63) is 73.0 Å². The zero-order valence-electron chi connectivity index (χ0n) is 16.8. The number of anilines is 1. The second-order valence-electron chi connectivity index (χ2n) is 7.13. The van der Waals surface area contributed by atoms with Gasteiger partial charge in [-0.15, -0.1) is 11.3 Å². The van der Waals surface area contributed by atoms with Crippen molar-refractivity contribution in [2.45, 2.75) is 6.54 Å². The highest BCUT2D eigenvalue weighted by Crippen LogP contribution is 2.44. The first-order valence-electron chi connectivity index (χ1n) is 9.85. The van der Waals surface area contributed by atoms with Gasteiger partial charge in [-0.3, -0.25) is 4.79 Å². The lowest BCUT2D eigenvalue weighted by Gasteiger charge is -2.27. The van der Waals surface area contributed by atoms with E-state index in [1.54, 1.807) is 18.2 Å². The summed E-state index contributed by atoms with van der Waals surface area (Å²) in [5, 5.41) is 14.7. The van der Waals surface area contributed by atoms with Crippen LogP contribution in [0.1, 0.15) is 20.8 Å². The molecule has 0 spiro atoms. The second-order valence-corrected chi connectivity index (χ2v) is 9.89. The first-order chi connectivity index (χ1) is 15.5. The van der Waals surface area contributed by atoms with Gasteiger partial charge in [0.05, 0.1) is 18.8 Å². The maximum Gasteiger partial charge on any atom is 0.262 e. The quantitative estimate of drug-likeness (QED) is 0.415. The van der Waals surface area contributed by atoms with E-state index >= 15 is 0 Å². The lowest BCUT2D eigenvalue weighted by Crippen LogP contribution is -2.36. The van der Waals surface area contributed by atoms with E-state index in [2.05, 4.69) is 32.2 Å². The second kappa shape index (κ2) is 10.2. The van der Waals surface area contributed by atoms with E-state index < -0.39 is 0 Å². The third kappa shape index (κ3) is 4.95. The summed E-state index contributed by atoms with van der Waals surface area (Å²) in [5.74, 6) is -0.255. The minimum Gasteiger partial charge on any atom is -0.378 e. The van der Waals surface area contributed by atoms with E-state index in [0.717, 1.165) is 15.0 Å². The standard InChI is InChI=1S/C23H18BrCl2N3O2S/c24-15-3-1-14(2-4-15)13-28-22(30)21-20(17-6-5-16(25)11-19(17)26)18(12-27)23(32-21)29-7-9-31-10-8-29/h1-6,11H,7-10,13H2,(H,28,30). The summed E-state index contributed by atoms with van der Waals surface area (Å²) >= 11 is 17.3. The number of rotatable bonds is 5. The Balaban J connectivity index is 1.75. The van der Waals surface area contributed by atoms with E-state index in [0.29, 0.717) is 64.5 Å². The molecule has 1 aliphatic heterocycles. The Hall–Kier alpha value is -2.08. The Labute approximate surface area is 208 Å². The lowest BCUT2D eigenvalue weighted by atomic mass is 10.0. The van der Waals surface area contributed by atoms with Crippen LogP contribution in [-0.4, -0.2) is 32.2 Å². The van der Waals surface area contributed by atoms with E-state index in [1.807, 2.05) is 24.3 Å². The summed E-state index contributed by atoms with van der Waals surface area (Å²) in [5.41, 5.74) is 2.55. The summed E-state index contributed by atoms with van der Waals surface area (Å²) in [6, 6.07) is 15.1. The molecule has 164 valence electrons. The van der Waals surface area contributed by atoms with Gasteiger partial charge >= 0.3 is 0 Å². The third-order valence-electron chi connectivity index (χ3n) is 5.07. The molecule has 0 bridgehead atoms. The normalized spacial score (nSPS) is 13.6. The van der Waals surface area contributed by atoms with Crippen molar-refractivity contribution in [2.75, 3.05) is 31.2 Å². The predicted molar refractivity (Wildman–Crippen MR) is 133 cm³/mol. The molecule has 0 atom stereocenters. The maximum atomic E-state index is 13.3. The van der Waals surface area contributed by atoms with Gasteiger partial charge in [0.1, 0.15) is 15.9 Å². The van der Waals surface area contributed by atoms with E-state index in [1.165, 1.54) is 11.3 Å². The molecule has 2 aromatic carbocycles. The average Bonchev–Trinajstić information content (AvgIpc) is 3.18. The van der Waals surface area contributed by atoms with Gasteiger partial charge in [0, 0.05) is 45.3 Å². The number of carbonyl (C=O) groups excluding carboxylic acids is 1. The van der Waals surface area contributed by atoms with Crippen molar-refractivity contribution in [3.8, 4) is 17.2 Å². The molecule has 5 nitrogen and oxygen atoms in total. The van der Waals surface area contributed by atoms with E-state index in [-0.39, 0.29) is 5.91 Å². The topological polar surface area (TPSA) is 65.4 Å². The van der Waals surface area contributed by atoms with Gasteiger partial charge in [0.25, 0.3) is 5.91 Å². The van der Waals surface area contributed by atoms with Gasteiger partial charge in [0.2, 0.25) is 0 Å². The molecular weight excluding hydrogens is 533 g/mol. The Morgan fingerprint density at radius 2 is 1.91 bits per heavy atom. The Bertz CT molecular complexity index is 1190. The minimum atomic E-state index is -0.255. The number of nitrogens with one attached hydrogen (secondary N) is 1. The van der Waals surface area contributed by atoms with Crippen molar-refractivity contribution in [3.63, 3.8) is 0 Å². The summed E-state index contributed by atoms with van der Waals surface area (Å²) in [6.07, 6.45) is 0. The lowest BCUT2D eigenvalue weighted by molar-refractivity contribution is 0.0955. The van der Waals surface area contributed by atoms with Crippen LogP contribution in [0.4, 0.5) is 5.00 Å². The molecule has 1 aromatic heterocycles. The Kier molecular flexibility index (Phi) is 7.39. The number of benzene rings is 2. The number of morpholine rings is 1. The highest BCUT2D eigenvalue weighted by atomic mass is 79.9. The first-order valence-corrected chi connectivity index (χ1v) is 12.2. The van der Waals surface area contributed by atoms with Crippen LogP contribution in [0.3, 0.4) is 0 Å². The summed E-state index contributed by atoms with van der Waals surface area (Å²) < 4.78 is 6.43. The SMILES string of the molecule is N#Cc1c(N2CCOCC2)sc(C(=O)NCc2ccc(Br)cc2)c1-c1ccc(Cl)cc1Cl. The zero-order chi connectivity index (χ0) is 22.7. The fraction of sp³-hybridized carbons (Fsp3) is 0.217. The molecule has 2 heterocycles. The molecule has 9 heteroatoms. The highest BCUT2D eigenvalue weighted by Gasteiger charge is 2.28. The molecule has 0 aliphatic carbocycles. The van der Waals surface area contributed by atoms with Crippen LogP contribution in [0.15, 0.2) is 46.9 Å². The Morgan fingerprint density at radius 3 is 2.56 bits per heavy atom. The maximum absolute atomic E-state index is 13.3. The smallest absolute Gasteiger partial charge is 0.262 e. The van der Waals surface area contributed by atoms with Gasteiger partial charge in [-0.1, -0.05) is 57.3 Å². The average molecular weight is 551 g/mol. The van der Waals surface area contributed by atoms with Gasteiger partial charge in [-0.25, -0.2) is 0 Å². The van der Waals surface area contributed by atoms with Crippen molar-refractivity contribution >= 4 is 61.4 Å². The molecule has 32 heavy (non-hydrogen) atoms. The number of nitriles is 1. The molecule has 4 rings (SSSR count). The molecule has 1 amide bonds. The number of halogens is 3. The highest BCUT2D eigenvalue weighted by molar-refractivity contribution is 9.10. The van der Waals surface area contributed by atoms with E-state index in [9.17, 15) is 10.1 Å². The molecule has 1 fully saturated rings. The first kappa shape index (κ1) is 23.1. The van der Waals surface area contributed by atoms with E-state index in [4.69, 9.17) is 27.9 Å². The van der Waals surface area contributed by atoms with Crippen LogP contribution in [-0.2, 0) is 11.3 Å². The van der Waals surface area contributed by atoms with Crippen LogP contribution in [0.5, 0.6) is 0 Å². The fourth-order valence-corrected chi connectivity index (χ4v) is 5.49. The molecule has 1 aliphatic rings. The number of carbonyl (C=O) groups is 1. The molecule has 1 N–H and O–H groups in total. The Morgan fingerprint density at radius 1 is 1.19 bits per heavy atom. The van der Waals surface area contributed by atoms with Crippen LogP contribution in [0.2, 0.25) is 10.0 Å². The number of ether oxygens (including phenoxy) is 1. The molecule has 3 aromatic rings. The van der Waals surface area contributed by atoms with Crippen molar-refractivity contribution in [1.29, 1.82) is 5.26 Å². The molecule has 0 radical (unpaired) electrons. The summed E-state index contributed by atoms with van der Waals surface area (Å²) in [7, 11) is 0. The minimum absolute atomic E-state index is 0.255. The summed E-state index contributed by atoms with van der Waals surface area (Å²) in [6.45, 7) is 2.83. The molecule has 0 unspecified atom stereocenters. The number of hydrogen-bond donors (Lipinski definition) is 1. The number of amides is 1. The predicted octanol–water partition coefficient (Wildman–Crippen LogP) is 6.12. The number of nitrogens with zero attached hydrogens (tertiary/aromatic N) is 2. The van der Waals surface area contributed by atoms with Gasteiger partial charge in [0.15, 0.2) is 0 Å². The van der Waals surface area contributed by atoms with Crippen LogP contribution in [0, 0.1) is 11.3 Å². The largest absolute Gasteiger partial charge is 0.378 e. The third-order valence-corrected chi connectivity index (χ3v) is 7.40. The van der Waals surface area contributed by atoms with Gasteiger partial charge < -0.3 is 15.0 Å². The number of hydrogen-bond acceptors (Lipinski definition) is 5. The monoisotopic (exact) mass is 549 g/mol.